The third kappa shape index (κ3) is 3.18. The molecule has 0 radical (unpaired) electrons. The summed E-state index contributed by atoms with van der Waals surface area (Å²) in [5, 5.41) is 14.0. The second kappa shape index (κ2) is 6.48. The summed E-state index contributed by atoms with van der Waals surface area (Å²) in [5.74, 6) is -0.691. The molecule has 0 aliphatic carbocycles. The third-order valence-corrected chi connectivity index (χ3v) is 4.75. The van der Waals surface area contributed by atoms with Crippen LogP contribution < -0.4 is 14.8 Å². The van der Waals surface area contributed by atoms with Crippen LogP contribution in [0.25, 0.3) is 10.6 Å². The molecule has 3 rings (SSSR count). The number of carbonyl (C=O) groups is 2. The van der Waals surface area contributed by atoms with E-state index in [-0.39, 0.29) is 18.4 Å². The number of hydrogen-bond acceptors (Lipinski definition) is 6. The van der Waals surface area contributed by atoms with Crippen molar-refractivity contribution in [3.8, 4) is 22.1 Å². The molecule has 2 aromatic rings. The Kier molecular flexibility index (Phi) is 4.39. The van der Waals surface area contributed by atoms with E-state index in [0.29, 0.717) is 16.5 Å². The van der Waals surface area contributed by atoms with Crippen LogP contribution in [0.2, 0.25) is 0 Å². The number of aliphatic carboxylic acids is 1. The van der Waals surface area contributed by atoms with Crippen LogP contribution in [0.3, 0.4) is 0 Å². The highest BCUT2D eigenvalue weighted by atomic mass is 32.1. The number of hydrogen-bond donors (Lipinski definition) is 2. The molecular formula is C16H16N2O5S. The van der Waals surface area contributed by atoms with Gasteiger partial charge in [0.05, 0.1) is 5.92 Å². The number of nitrogens with one attached hydrogen (secondary N) is 1. The maximum absolute atomic E-state index is 12.2. The molecule has 126 valence electrons. The second-order valence-electron chi connectivity index (χ2n) is 5.49. The maximum atomic E-state index is 12.2. The van der Waals surface area contributed by atoms with Crippen molar-refractivity contribution in [1.29, 1.82) is 0 Å². The summed E-state index contributed by atoms with van der Waals surface area (Å²) in [7, 11) is 0. The maximum Gasteiger partial charge on any atom is 0.308 e. The molecule has 0 spiro atoms. The lowest BCUT2D eigenvalue weighted by Crippen LogP contribution is -2.40. The van der Waals surface area contributed by atoms with E-state index in [1.54, 1.807) is 25.3 Å². The Hall–Kier alpha value is -2.61. The van der Waals surface area contributed by atoms with Gasteiger partial charge in [-0.1, -0.05) is 0 Å². The summed E-state index contributed by atoms with van der Waals surface area (Å²) in [6.07, 6.45) is 0. The average Bonchev–Trinajstić information content (AvgIpc) is 3.22. The van der Waals surface area contributed by atoms with Gasteiger partial charge in [-0.3, -0.25) is 9.59 Å². The fourth-order valence-corrected chi connectivity index (χ4v) is 2.96. The summed E-state index contributed by atoms with van der Waals surface area (Å²) in [5.41, 5.74) is 1.09. The Morgan fingerprint density at radius 2 is 2.04 bits per heavy atom. The molecule has 1 aromatic heterocycles. The number of thiazole rings is 1. The number of carboxylic acid groups (broad SMARTS) is 1. The van der Waals surface area contributed by atoms with Gasteiger partial charge in [-0.15, -0.1) is 11.3 Å². The minimum absolute atomic E-state index is 0.198. The third-order valence-electron chi connectivity index (χ3n) is 3.85. The van der Waals surface area contributed by atoms with Crippen molar-refractivity contribution in [2.75, 3.05) is 6.79 Å². The van der Waals surface area contributed by atoms with Crippen molar-refractivity contribution in [1.82, 2.24) is 10.3 Å². The van der Waals surface area contributed by atoms with Gasteiger partial charge in [0, 0.05) is 17.0 Å². The first kappa shape index (κ1) is 16.3. The lowest BCUT2D eigenvalue weighted by Gasteiger charge is -2.16. The molecule has 24 heavy (non-hydrogen) atoms. The molecule has 2 unspecified atom stereocenters. The van der Waals surface area contributed by atoms with Crippen LogP contribution in [0.15, 0.2) is 23.6 Å². The highest BCUT2D eigenvalue weighted by Crippen LogP contribution is 2.36. The Balaban J connectivity index is 1.73. The van der Waals surface area contributed by atoms with E-state index >= 15 is 0 Å². The zero-order valence-electron chi connectivity index (χ0n) is 13.1. The van der Waals surface area contributed by atoms with Crippen LogP contribution in [0, 0.1) is 5.92 Å². The van der Waals surface area contributed by atoms with Crippen molar-refractivity contribution in [2.45, 2.75) is 19.9 Å². The molecule has 2 heterocycles. The van der Waals surface area contributed by atoms with Crippen LogP contribution in [-0.4, -0.2) is 34.8 Å². The molecule has 2 N–H and O–H groups in total. The lowest BCUT2D eigenvalue weighted by molar-refractivity contribution is -0.141. The van der Waals surface area contributed by atoms with Crippen molar-refractivity contribution in [2.24, 2.45) is 5.92 Å². The number of aromatic nitrogens is 1. The van der Waals surface area contributed by atoms with E-state index in [0.717, 1.165) is 5.56 Å². The van der Waals surface area contributed by atoms with E-state index in [1.807, 2.05) is 12.1 Å². The molecular weight excluding hydrogens is 332 g/mol. The van der Waals surface area contributed by atoms with Gasteiger partial charge in [-0.2, -0.15) is 0 Å². The number of ether oxygens (including phenoxy) is 2. The first-order chi connectivity index (χ1) is 11.5. The average molecular weight is 348 g/mol. The number of fused-ring (bicyclic) bond motifs is 1. The minimum Gasteiger partial charge on any atom is -0.481 e. The van der Waals surface area contributed by atoms with Crippen LogP contribution in [0.1, 0.15) is 24.3 Å². The van der Waals surface area contributed by atoms with Crippen molar-refractivity contribution in [3.63, 3.8) is 0 Å². The van der Waals surface area contributed by atoms with E-state index in [9.17, 15) is 9.59 Å². The number of nitrogens with zero attached hydrogens (tertiary/aromatic N) is 1. The number of carboxylic acids is 1. The summed E-state index contributed by atoms with van der Waals surface area (Å²) < 4.78 is 10.6. The molecule has 8 heteroatoms. The van der Waals surface area contributed by atoms with E-state index in [1.165, 1.54) is 11.3 Å². The fraction of sp³-hybridized carbons (Fsp3) is 0.312. The largest absolute Gasteiger partial charge is 0.481 e. The Labute approximate surface area is 142 Å². The van der Waals surface area contributed by atoms with Crippen LogP contribution in [0.4, 0.5) is 0 Å². The number of carbonyl (C=O) groups excluding carboxylic acids is 1. The quantitative estimate of drug-likeness (QED) is 0.861. The van der Waals surface area contributed by atoms with E-state index < -0.39 is 17.9 Å². The fourth-order valence-electron chi connectivity index (χ4n) is 2.16. The molecule has 1 aliphatic heterocycles. The number of rotatable bonds is 5. The van der Waals surface area contributed by atoms with E-state index in [2.05, 4.69) is 10.3 Å². The second-order valence-corrected chi connectivity index (χ2v) is 6.35. The minimum atomic E-state index is -0.956. The van der Waals surface area contributed by atoms with Crippen molar-refractivity contribution >= 4 is 23.2 Å². The van der Waals surface area contributed by atoms with Gasteiger partial charge in [0.2, 0.25) is 6.79 Å². The van der Waals surface area contributed by atoms with Gasteiger partial charge in [-0.25, -0.2) is 4.98 Å². The van der Waals surface area contributed by atoms with Gasteiger partial charge in [0.1, 0.15) is 10.7 Å². The molecule has 0 bridgehead atoms. The molecule has 1 aliphatic rings. The summed E-state index contributed by atoms with van der Waals surface area (Å²) in [6.45, 7) is 3.40. The molecule has 1 aromatic carbocycles. The predicted molar refractivity (Wildman–Crippen MR) is 87.4 cm³/mol. The smallest absolute Gasteiger partial charge is 0.308 e. The Morgan fingerprint density at radius 3 is 2.79 bits per heavy atom. The molecule has 0 fully saturated rings. The number of amides is 1. The van der Waals surface area contributed by atoms with Gasteiger partial charge in [0.15, 0.2) is 11.5 Å². The summed E-state index contributed by atoms with van der Waals surface area (Å²) in [6, 6.07) is 4.97. The van der Waals surface area contributed by atoms with Crippen molar-refractivity contribution in [3.05, 3.63) is 29.3 Å². The molecule has 7 nitrogen and oxygen atoms in total. The summed E-state index contributed by atoms with van der Waals surface area (Å²) in [4.78, 5) is 27.5. The van der Waals surface area contributed by atoms with Crippen LogP contribution in [-0.2, 0) is 4.79 Å². The van der Waals surface area contributed by atoms with Gasteiger partial charge in [-0.05, 0) is 32.0 Å². The zero-order chi connectivity index (χ0) is 17.3. The highest BCUT2D eigenvalue weighted by Gasteiger charge is 2.23. The van der Waals surface area contributed by atoms with Crippen LogP contribution in [0.5, 0.6) is 11.5 Å². The Morgan fingerprint density at radius 1 is 1.29 bits per heavy atom. The van der Waals surface area contributed by atoms with Gasteiger partial charge in [0.25, 0.3) is 5.91 Å². The van der Waals surface area contributed by atoms with E-state index in [4.69, 9.17) is 14.6 Å². The van der Waals surface area contributed by atoms with Gasteiger partial charge < -0.3 is 19.9 Å². The Bertz CT molecular complexity index is 789. The molecule has 2 atom stereocenters. The molecule has 1 amide bonds. The van der Waals surface area contributed by atoms with Crippen molar-refractivity contribution < 1.29 is 24.2 Å². The predicted octanol–water partition coefficient (Wildman–Crippen LogP) is 2.38. The first-order valence-electron chi connectivity index (χ1n) is 7.35. The highest BCUT2D eigenvalue weighted by molar-refractivity contribution is 7.13. The summed E-state index contributed by atoms with van der Waals surface area (Å²) >= 11 is 1.33. The first-order valence-corrected chi connectivity index (χ1v) is 8.23. The van der Waals surface area contributed by atoms with Crippen LogP contribution >= 0.6 is 11.3 Å². The standard InChI is InChI=1S/C16H16N2O5S/c1-8(16(20)21)9(2)17-14(19)11-6-24-15(18-11)10-3-4-12-13(5-10)23-7-22-12/h3-6,8-9H,7H2,1-2H3,(H,17,19)(H,20,21). The molecule has 0 saturated heterocycles. The topological polar surface area (TPSA) is 97.8 Å². The normalized spacial score (nSPS) is 14.9. The number of benzene rings is 1. The lowest BCUT2D eigenvalue weighted by atomic mass is 10.0. The SMILES string of the molecule is CC(NC(=O)c1csc(-c2ccc3c(c2)OCO3)n1)C(C)C(=O)O. The zero-order valence-corrected chi connectivity index (χ0v) is 13.9. The monoisotopic (exact) mass is 348 g/mol. The molecule has 0 saturated carbocycles. The van der Waals surface area contributed by atoms with Gasteiger partial charge >= 0.3 is 5.97 Å².